The predicted octanol–water partition coefficient (Wildman–Crippen LogP) is 3.33. The molecule has 1 amide bonds. The Morgan fingerprint density at radius 2 is 1.65 bits per heavy atom. The maximum atomic E-state index is 13.0. The Hall–Kier alpha value is -2.83. The molecule has 2 aromatic carbocycles. The minimum atomic E-state index is -4.70. The number of amides is 1. The molecule has 0 bridgehead atoms. The van der Waals surface area contributed by atoms with Crippen LogP contribution in [0.15, 0.2) is 42.5 Å². The second kappa shape index (κ2) is 6.12. The van der Waals surface area contributed by atoms with Gasteiger partial charge in [-0.3, -0.25) is 4.79 Å². The smallest absolute Gasteiger partial charge is 0.416 e. The largest absolute Gasteiger partial charge is 0.423 e. The van der Waals surface area contributed by atoms with Crippen molar-refractivity contribution in [1.82, 2.24) is 0 Å². The summed E-state index contributed by atoms with van der Waals surface area (Å²) >= 11 is 0. The monoisotopic (exact) mass is 323 g/mol. The summed E-state index contributed by atoms with van der Waals surface area (Å²) < 4.78 is 44.1. The van der Waals surface area contributed by atoms with E-state index in [-0.39, 0.29) is 16.9 Å². The van der Waals surface area contributed by atoms with E-state index in [0.29, 0.717) is 6.07 Å². The van der Waals surface area contributed by atoms with E-state index in [9.17, 15) is 22.8 Å². The number of hydrogen-bond donors (Lipinski definition) is 1. The highest BCUT2D eigenvalue weighted by Gasteiger charge is 2.35. The van der Waals surface area contributed by atoms with Crippen molar-refractivity contribution >= 4 is 11.9 Å². The average molecular weight is 323 g/mol. The molecule has 0 spiro atoms. The van der Waals surface area contributed by atoms with Crippen LogP contribution in [0, 0.1) is 6.92 Å². The van der Waals surface area contributed by atoms with Crippen molar-refractivity contribution in [3.05, 3.63) is 64.7 Å². The third-order valence-electron chi connectivity index (χ3n) is 3.16. The number of halogens is 3. The summed E-state index contributed by atoms with van der Waals surface area (Å²) in [5.74, 6) is -2.24. The standard InChI is InChI=1S/C16H12F3NO3/c1-9-12(16(17,18)19)7-11(14(20)21)8-13(9)23-15(22)10-5-3-2-4-6-10/h2-8H,1H3,(H2,20,21). The highest BCUT2D eigenvalue weighted by Crippen LogP contribution is 2.36. The number of carbonyl (C=O) groups excluding carboxylic acids is 2. The summed E-state index contributed by atoms with van der Waals surface area (Å²) in [4.78, 5) is 23.2. The van der Waals surface area contributed by atoms with E-state index >= 15 is 0 Å². The van der Waals surface area contributed by atoms with Crippen LogP contribution in [0.5, 0.6) is 5.75 Å². The Balaban J connectivity index is 2.47. The minimum Gasteiger partial charge on any atom is -0.423 e. The molecule has 4 nitrogen and oxygen atoms in total. The molecule has 0 heterocycles. The first-order valence-corrected chi connectivity index (χ1v) is 6.49. The van der Waals surface area contributed by atoms with Crippen LogP contribution in [0.1, 0.15) is 31.8 Å². The molecule has 23 heavy (non-hydrogen) atoms. The van der Waals surface area contributed by atoms with Crippen LogP contribution in [0.25, 0.3) is 0 Å². The molecular weight excluding hydrogens is 311 g/mol. The van der Waals surface area contributed by atoms with Gasteiger partial charge in [0.05, 0.1) is 11.1 Å². The minimum absolute atomic E-state index is 0.171. The Kier molecular flexibility index (Phi) is 4.40. The number of alkyl halides is 3. The molecule has 0 fully saturated rings. The molecule has 0 unspecified atom stereocenters. The van der Waals surface area contributed by atoms with Crippen LogP contribution in [0.3, 0.4) is 0 Å². The first kappa shape index (κ1) is 16.5. The highest BCUT2D eigenvalue weighted by atomic mass is 19.4. The van der Waals surface area contributed by atoms with E-state index in [1.54, 1.807) is 18.2 Å². The maximum absolute atomic E-state index is 13.0. The molecule has 0 saturated carbocycles. The van der Waals surface area contributed by atoms with Gasteiger partial charge in [-0.25, -0.2) is 4.79 Å². The van der Waals surface area contributed by atoms with Gasteiger partial charge in [-0.2, -0.15) is 13.2 Å². The van der Waals surface area contributed by atoms with Crippen molar-refractivity contribution < 1.29 is 27.5 Å². The zero-order valence-electron chi connectivity index (χ0n) is 12.0. The summed E-state index contributed by atoms with van der Waals surface area (Å²) in [5.41, 5.74) is 3.44. The van der Waals surface area contributed by atoms with Crippen molar-refractivity contribution in [2.75, 3.05) is 0 Å². The number of esters is 1. The number of primary amides is 1. The first-order valence-electron chi connectivity index (χ1n) is 6.49. The van der Waals surface area contributed by atoms with Crippen LogP contribution in [-0.4, -0.2) is 11.9 Å². The lowest BCUT2D eigenvalue weighted by molar-refractivity contribution is -0.138. The molecule has 120 valence electrons. The lowest BCUT2D eigenvalue weighted by Gasteiger charge is -2.15. The van der Waals surface area contributed by atoms with Crippen LogP contribution < -0.4 is 10.5 Å². The topological polar surface area (TPSA) is 69.4 Å². The number of carbonyl (C=O) groups is 2. The van der Waals surface area contributed by atoms with Crippen molar-refractivity contribution in [3.8, 4) is 5.75 Å². The second-order valence-electron chi connectivity index (χ2n) is 4.76. The molecule has 0 aromatic heterocycles. The Morgan fingerprint density at radius 3 is 2.17 bits per heavy atom. The number of nitrogens with two attached hydrogens (primary N) is 1. The summed E-state index contributed by atoms with van der Waals surface area (Å²) in [6.07, 6.45) is -4.70. The summed E-state index contributed by atoms with van der Waals surface area (Å²) in [7, 11) is 0. The molecule has 0 aliphatic rings. The fourth-order valence-corrected chi connectivity index (χ4v) is 1.96. The van der Waals surface area contributed by atoms with Crippen molar-refractivity contribution in [2.24, 2.45) is 5.73 Å². The zero-order chi connectivity index (χ0) is 17.2. The van der Waals surface area contributed by atoms with Gasteiger partial charge < -0.3 is 10.5 Å². The second-order valence-corrected chi connectivity index (χ2v) is 4.76. The quantitative estimate of drug-likeness (QED) is 0.696. The molecule has 0 aliphatic heterocycles. The molecule has 0 atom stereocenters. The Labute approximate surface area is 129 Å². The molecule has 0 aliphatic carbocycles. The molecule has 2 N–H and O–H groups in total. The van der Waals surface area contributed by atoms with E-state index in [4.69, 9.17) is 10.5 Å². The molecule has 0 radical (unpaired) electrons. The fraction of sp³-hybridized carbons (Fsp3) is 0.125. The SMILES string of the molecule is Cc1c(OC(=O)c2ccccc2)cc(C(N)=O)cc1C(F)(F)F. The number of hydrogen-bond acceptors (Lipinski definition) is 3. The third kappa shape index (κ3) is 3.68. The van der Waals surface area contributed by atoms with Crippen LogP contribution in [-0.2, 0) is 6.18 Å². The Morgan fingerprint density at radius 1 is 1.04 bits per heavy atom. The van der Waals surface area contributed by atoms with Crippen LogP contribution in [0.2, 0.25) is 0 Å². The predicted molar refractivity (Wildman–Crippen MR) is 76.1 cm³/mol. The first-order chi connectivity index (χ1) is 10.7. The average Bonchev–Trinajstić information content (AvgIpc) is 2.48. The fourth-order valence-electron chi connectivity index (χ4n) is 1.96. The van der Waals surface area contributed by atoms with Crippen LogP contribution >= 0.6 is 0 Å². The third-order valence-corrected chi connectivity index (χ3v) is 3.16. The van der Waals surface area contributed by atoms with Gasteiger partial charge >= 0.3 is 12.1 Å². The maximum Gasteiger partial charge on any atom is 0.416 e. The molecule has 7 heteroatoms. The van der Waals surface area contributed by atoms with Crippen molar-refractivity contribution in [1.29, 1.82) is 0 Å². The van der Waals surface area contributed by atoms with Crippen molar-refractivity contribution in [2.45, 2.75) is 13.1 Å². The van der Waals surface area contributed by atoms with Gasteiger partial charge in [0.2, 0.25) is 5.91 Å². The Bertz CT molecular complexity index is 755. The summed E-state index contributed by atoms with van der Waals surface area (Å²) in [5, 5.41) is 0. The van der Waals surface area contributed by atoms with Crippen LogP contribution in [0.4, 0.5) is 13.2 Å². The normalized spacial score (nSPS) is 11.1. The van der Waals surface area contributed by atoms with Gasteiger partial charge in [0.1, 0.15) is 5.75 Å². The molecule has 2 rings (SSSR count). The lowest BCUT2D eigenvalue weighted by Crippen LogP contribution is -2.17. The van der Waals surface area contributed by atoms with E-state index in [1.807, 2.05) is 0 Å². The zero-order valence-corrected chi connectivity index (χ0v) is 12.0. The lowest BCUT2D eigenvalue weighted by atomic mass is 10.0. The summed E-state index contributed by atoms with van der Waals surface area (Å²) in [6, 6.07) is 9.43. The highest BCUT2D eigenvalue weighted by molar-refractivity contribution is 5.95. The summed E-state index contributed by atoms with van der Waals surface area (Å²) in [6.45, 7) is 1.15. The van der Waals surface area contributed by atoms with Crippen molar-refractivity contribution in [3.63, 3.8) is 0 Å². The number of rotatable bonds is 3. The molecule has 2 aromatic rings. The van der Waals surface area contributed by atoms with E-state index in [2.05, 4.69) is 0 Å². The van der Waals surface area contributed by atoms with Gasteiger partial charge in [0, 0.05) is 11.1 Å². The van der Waals surface area contributed by atoms with Gasteiger partial charge in [-0.15, -0.1) is 0 Å². The number of ether oxygens (including phenoxy) is 1. The van der Waals surface area contributed by atoms with E-state index < -0.39 is 29.2 Å². The number of benzene rings is 2. The molecule has 0 saturated heterocycles. The van der Waals surface area contributed by atoms with Gasteiger partial charge in [-0.05, 0) is 31.2 Å². The van der Waals surface area contributed by atoms with E-state index in [1.165, 1.54) is 12.1 Å². The van der Waals surface area contributed by atoms with Gasteiger partial charge in [0.15, 0.2) is 0 Å². The molecular formula is C16H12F3NO3. The van der Waals surface area contributed by atoms with Gasteiger partial charge in [0.25, 0.3) is 0 Å². The van der Waals surface area contributed by atoms with Gasteiger partial charge in [-0.1, -0.05) is 18.2 Å². The van der Waals surface area contributed by atoms with E-state index in [0.717, 1.165) is 13.0 Å².